The van der Waals surface area contributed by atoms with E-state index in [1.165, 1.54) is 4.57 Å². The summed E-state index contributed by atoms with van der Waals surface area (Å²) in [5.74, 6) is -0.388. The minimum Gasteiger partial charge on any atom is -0.408 e. The normalized spacial score (nSPS) is 10.7. The third-order valence-electron chi connectivity index (χ3n) is 2.08. The fourth-order valence-electron chi connectivity index (χ4n) is 1.34. The number of aryl methyl sites for hydroxylation is 1. The number of anilines is 1. The van der Waals surface area contributed by atoms with Gasteiger partial charge in [0.05, 0.1) is 5.52 Å². The molecule has 2 N–H and O–H groups in total. The van der Waals surface area contributed by atoms with Gasteiger partial charge in [0.15, 0.2) is 5.58 Å². The number of oxazole rings is 1. The van der Waals surface area contributed by atoms with Crippen molar-refractivity contribution in [3.05, 3.63) is 28.7 Å². The Hall–Kier alpha value is -1.75. The molecule has 0 aliphatic rings. The van der Waals surface area contributed by atoms with E-state index in [2.05, 4.69) is 5.32 Å². The summed E-state index contributed by atoms with van der Waals surface area (Å²) >= 11 is 0. The lowest BCUT2D eigenvalue weighted by molar-refractivity contribution is 0.325. The summed E-state index contributed by atoms with van der Waals surface area (Å²) in [6.07, 6.45) is 0. The van der Waals surface area contributed by atoms with Crippen LogP contribution in [-0.4, -0.2) is 16.4 Å². The van der Waals surface area contributed by atoms with E-state index >= 15 is 0 Å². The number of aliphatic hydroxyl groups is 1. The van der Waals surface area contributed by atoms with Crippen LogP contribution in [0.2, 0.25) is 0 Å². The van der Waals surface area contributed by atoms with Crippen molar-refractivity contribution < 1.29 is 9.52 Å². The fraction of sp³-hybridized carbons (Fsp3) is 0.222. The minimum absolute atomic E-state index is 0.150. The van der Waals surface area contributed by atoms with Gasteiger partial charge in [-0.2, -0.15) is 0 Å². The van der Waals surface area contributed by atoms with Crippen molar-refractivity contribution in [3.8, 4) is 0 Å². The van der Waals surface area contributed by atoms with Crippen LogP contribution in [0.5, 0.6) is 0 Å². The zero-order valence-corrected chi connectivity index (χ0v) is 7.65. The molecular weight excluding hydrogens is 184 g/mol. The van der Waals surface area contributed by atoms with Crippen molar-refractivity contribution in [1.29, 1.82) is 0 Å². The van der Waals surface area contributed by atoms with Gasteiger partial charge in [0.1, 0.15) is 6.73 Å². The Balaban J connectivity index is 2.61. The molecule has 0 saturated heterocycles. The van der Waals surface area contributed by atoms with Gasteiger partial charge in [0.2, 0.25) is 0 Å². The molecule has 0 saturated carbocycles. The zero-order chi connectivity index (χ0) is 10.1. The molecule has 0 spiro atoms. The number of hydrogen-bond donors (Lipinski definition) is 2. The molecule has 1 heterocycles. The van der Waals surface area contributed by atoms with Crippen molar-refractivity contribution in [2.75, 3.05) is 12.0 Å². The van der Waals surface area contributed by atoms with Gasteiger partial charge >= 0.3 is 5.76 Å². The second-order valence-corrected chi connectivity index (χ2v) is 2.94. The van der Waals surface area contributed by atoms with Crippen molar-refractivity contribution in [1.82, 2.24) is 4.57 Å². The third kappa shape index (κ3) is 1.27. The molecule has 74 valence electrons. The van der Waals surface area contributed by atoms with Crippen molar-refractivity contribution in [2.45, 2.75) is 0 Å². The molecule has 5 heteroatoms. The Kier molecular flexibility index (Phi) is 2.01. The van der Waals surface area contributed by atoms with Crippen molar-refractivity contribution in [3.63, 3.8) is 0 Å². The molecule has 0 radical (unpaired) electrons. The summed E-state index contributed by atoms with van der Waals surface area (Å²) in [7, 11) is 1.65. The molecule has 0 unspecified atom stereocenters. The number of rotatable bonds is 2. The van der Waals surface area contributed by atoms with Crippen LogP contribution in [0.25, 0.3) is 11.1 Å². The van der Waals surface area contributed by atoms with Gasteiger partial charge in [0.25, 0.3) is 0 Å². The molecule has 0 aliphatic heterocycles. The highest BCUT2D eigenvalue weighted by molar-refractivity contribution is 5.77. The highest BCUT2D eigenvalue weighted by Gasteiger charge is 2.05. The first-order valence-corrected chi connectivity index (χ1v) is 4.16. The SMILES string of the molecule is Cn1c(=O)oc2cc(NCO)ccc21. The Bertz CT molecular complexity index is 512. The van der Waals surface area contributed by atoms with Crippen molar-refractivity contribution >= 4 is 16.8 Å². The first-order chi connectivity index (χ1) is 6.72. The second-order valence-electron chi connectivity index (χ2n) is 2.94. The number of benzene rings is 1. The topological polar surface area (TPSA) is 67.4 Å². The lowest BCUT2D eigenvalue weighted by Crippen LogP contribution is -2.08. The maximum Gasteiger partial charge on any atom is 0.419 e. The highest BCUT2D eigenvalue weighted by Crippen LogP contribution is 2.17. The Morgan fingerprint density at radius 3 is 3.07 bits per heavy atom. The summed E-state index contributed by atoms with van der Waals surface area (Å²) in [6.45, 7) is -0.150. The molecule has 1 aromatic heterocycles. The molecule has 2 rings (SSSR count). The number of aromatic nitrogens is 1. The Labute approximate surface area is 79.6 Å². The van der Waals surface area contributed by atoms with E-state index in [4.69, 9.17) is 9.52 Å². The molecule has 1 aromatic carbocycles. The predicted molar refractivity (Wildman–Crippen MR) is 52.2 cm³/mol. The predicted octanol–water partition coefficient (Wildman–Crippen LogP) is 0.493. The molecular formula is C9H10N2O3. The molecule has 5 nitrogen and oxygen atoms in total. The molecule has 0 bridgehead atoms. The van der Waals surface area contributed by atoms with Crippen LogP contribution in [0.3, 0.4) is 0 Å². The second kappa shape index (κ2) is 3.19. The number of nitrogens with zero attached hydrogens (tertiary/aromatic N) is 1. The van der Waals surface area contributed by atoms with Crippen LogP contribution in [0.4, 0.5) is 5.69 Å². The van der Waals surface area contributed by atoms with E-state index in [1.807, 2.05) is 0 Å². The lowest BCUT2D eigenvalue weighted by Gasteiger charge is -2.00. The maximum absolute atomic E-state index is 11.1. The van der Waals surface area contributed by atoms with E-state index < -0.39 is 0 Å². The van der Waals surface area contributed by atoms with E-state index in [9.17, 15) is 4.79 Å². The minimum atomic E-state index is -0.388. The van der Waals surface area contributed by atoms with Gasteiger partial charge in [-0.15, -0.1) is 0 Å². The number of fused-ring (bicyclic) bond motifs is 1. The Morgan fingerprint density at radius 2 is 2.36 bits per heavy atom. The van der Waals surface area contributed by atoms with Gasteiger partial charge in [-0.1, -0.05) is 0 Å². The monoisotopic (exact) mass is 194 g/mol. The van der Waals surface area contributed by atoms with Gasteiger partial charge in [-0.3, -0.25) is 4.57 Å². The van der Waals surface area contributed by atoms with Crippen LogP contribution >= 0.6 is 0 Å². The van der Waals surface area contributed by atoms with Gasteiger partial charge in [0, 0.05) is 18.8 Å². The van der Waals surface area contributed by atoms with Crippen LogP contribution in [0.15, 0.2) is 27.4 Å². The molecule has 0 fully saturated rings. The number of aliphatic hydroxyl groups excluding tert-OH is 1. The molecule has 0 amide bonds. The van der Waals surface area contributed by atoms with Crippen LogP contribution in [-0.2, 0) is 7.05 Å². The van der Waals surface area contributed by atoms with Crippen LogP contribution in [0, 0.1) is 0 Å². The lowest BCUT2D eigenvalue weighted by atomic mass is 10.3. The largest absolute Gasteiger partial charge is 0.419 e. The molecule has 0 aliphatic carbocycles. The average molecular weight is 194 g/mol. The van der Waals surface area contributed by atoms with E-state index in [-0.39, 0.29) is 12.5 Å². The summed E-state index contributed by atoms with van der Waals surface area (Å²) in [5, 5.41) is 11.4. The maximum atomic E-state index is 11.1. The summed E-state index contributed by atoms with van der Waals surface area (Å²) < 4.78 is 6.40. The fourth-order valence-corrected chi connectivity index (χ4v) is 1.34. The number of hydrogen-bond acceptors (Lipinski definition) is 4. The van der Waals surface area contributed by atoms with E-state index in [1.54, 1.807) is 25.2 Å². The van der Waals surface area contributed by atoms with Crippen molar-refractivity contribution in [2.24, 2.45) is 7.05 Å². The Morgan fingerprint density at radius 1 is 1.57 bits per heavy atom. The molecule has 14 heavy (non-hydrogen) atoms. The van der Waals surface area contributed by atoms with E-state index in [0.717, 1.165) is 5.52 Å². The standard InChI is InChI=1S/C9H10N2O3/c1-11-7-3-2-6(10-5-12)4-8(7)14-9(11)13/h2-4,10,12H,5H2,1H3. The van der Waals surface area contributed by atoms with Crippen LogP contribution < -0.4 is 11.1 Å². The first-order valence-electron chi connectivity index (χ1n) is 4.16. The smallest absolute Gasteiger partial charge is 0.408 e. The summed E-state index contributed by atoms with van der Waals surface area (Å²) in [4.78, 5) is 11.1. The third-order valence-corrected chi connectivity index (χ3v) is 2.08. The number of nitrogens with one attached hydrogen (secondary N) is 1. The van der Waals surface area contributed by atoms with Gasteiger partial charge in [-0.25, -0.2) is 4.79 Å². The summed E-state index contributed by atoms with van der Waals surface area (Å²) in [6, 6.07) is 5.21. The molecule has 0 atom stereocenters. The summed E-state index contributed by atoms with van der Waals surface area (Å²) in [5.41, 5.74) is 1.96. The molecule has 2 aromatic rings. The quantitative estimate of drug-likeness (QED) is 0.683. The van der Waals surface area contributed by atoms with Gasteiger partial charge < -0.3 is 14.8 Å². The van der Waals surface area contributed by atoms with E-state index in [0.29, 0.717) is 11.3 Å². The van der Waals surface area contributed by atoms with Gasteiger partial charge in [-0.05, 0) is 12.1 Å². The van der Waals surface area contributed by atoms with Crippen LogP contribution in [0.1, 0.15) is 0 Å². The average Bonchev–Trinajstić information content (AvgIpc) is 2.43. The first kappa shape index (κ1) is 8.83. The zero-order valence-electron chi connectivity index (χ0n) is 7.65. The highest BCUT2D eigenvalue weighted by atomic mass is 16.4.